The first-order chi connectivity index (χ1) is 7.83. The number of nitrogen functional groups attached to an aromatic ring is 1. The third-order valence-corrected chi connectivity index (χ3v) is 2.78. The van der Waals surface area contributed by atoms with Crippen LogP contribution in [-0.4, -0.2) is 24.6 Å². The molecule has 0 aliphatic carbocycles. The number of aromatic nitrogens is 5. The molecular weight excluding hydrogens is 224 g/mol. The van der Waals surface area contributed by atoms with Gasteiger partial charge in [0.05, 0.1) is 17.6 Å². The van der Waals surface area contributed by atoms with Crippen molar-refractivity contribution in [1.82, 2.24) is 24.6 Å². The lowest BCUT2D eigenvalue weighted by Crippen LogP contribution is -2.01. The van der Waals surface area contributed by atoms with Crippen LogP contribution >= 0.6 is 11.3 Å². The molecule has 0 fully saturated rings. The Bertz CT molecular complexity index is 614. The molecule has 80 valence electrons. The molecule has 16 heavy (non-hydrogen) atoms. The first-order valence-corrected chi connectivity index (χ1v) is 5.60. The van der Waals surface area contributed by atoms with Crippen LogP contribution in [0.5, 0.6) is 0 Å². The lowest BCUT2D eigenvalue weighted by atomic mass is 10.3. The van der Waals surface area contributed by atoms with Crippen LogP contribution in [0.25, 0.3) is 5.65 Å². The lowest BCUT2D eigenvalue weighted by molar-refractivity contribution is 0.882. The normalized spacial score (nSPS) is 11.0. The third kappa shape index (κ3) is 1.50. The van der Waals surface area contributed by atoms with Gasteiger partial charge in [0.15, 0.2) is 11.5 Å². The molecule has 0 atom stereocenters. The van der Waals surface area contributed by atoms with Crippen molar-refractivity contribution >= 4 is 22.9 Å². The summed E-state index contributed by atoms with van der Waals surface area (Å²) in [5.74, 6) is 1.04. The van der Waals surface area contributed by atoms with E-state index >= 15 is 0 Å². The van der Waals surface area contributed by atoms with Crippen molar-refractivity contribution in [2.45, 2.75) is 6.42 Å². The van der Waals surface area contributed by atoms with Crippen LogP contribution in [0.3, 0.4) is 0 Å². The Morgan fingerprint density at radius 3 is 3.06 bits per heavy atom. The predicted octanol–water partition coefficient (Wildman–Crippen LogP) is 0.754. The molecule has 0 unspecified atom stereocenters. The quantitative estimate of drug-likeness (QED) is 0.705. The summed E-state index contributed by atoms with van der Waals surface area (Å²) in [7, 11) is 0. The Balaban J connectivity index is 2.02. The highest BCUT2D eigenvalue weighted by Crippen LogP contribution is 2.09. The number of thiazole rings is 1. The molecular formula is C9H8N6S. The number of rotatable bonds is 2. The van der Waals surface area contributed by atoms with Gasteiger partial charge in [-0.15, -0.1) is 16.4 Å². The number of anilines is 1. The zero-order valence-corrected chi connectivity index (χ0v) is 9.05. The van der Waals surface area contributed by atoms with Gasteiger partial charge in [0.1, 0.15) is 0 Å². The molecule has 0 aliphatic heterocycles. The van der Waals surface area contributed by atoms with E-state index in [0.717, 1.165) is 5.69 Å². The van der Waals surface area contributed by atoms with E-state index in [2.05, 4.69) is 20.1 Å². The SMILES string of the molecule is Nc1nccc2nc(Cc3cscn3)nn12. The summed E-state index contributed by atoms with van der Waals surface area (Å²) in [5.41, 5.74) is 9.14. The van der Waals surface area contributed by atoms with Crippen molar-refractivity contribution in [3.05, 3.63) is 34.7 Å². The van der Waals surface area contributed by atoms with Gasteiger partial charge in [-0.3, -0.25) is 0 Å². The third-order valence-electron chi connectivity index (χ3n) is 2.15. The predicted molar refractivity (Wildman–Crippen MR) is 60.1 cm³/mol. The van der Waals surface area contributed by atoms with Gasteiger partial charge >= 0.3 is 0 Å². The minimum atomic E-state index is 0.342. The van der Waals surface area contributed by atoms with Crippen molar-refractivity contribution in [1.29, 1.82) is 0 Å². The minimum absolute atomic E-state index is 0.342. The van der Waals surface area contributed by atoms with Crippen molar-refractivity contribution in [2.75, 3.05) is 5.73 Å². The van der Waals surface area contributed by atoms with E-state index in [1.807, 2.05) is 5.38 Å². The highest BCUT2D eigenvalue weighted by molar-refractivity contribution is 7.07. The Labute approximate surface area is 94.8 Å². The molecule has 3 aromatic heterocycles. The largest absolute Gasteiger partial charge is 0.368 e. The molecule has 0 saturated heterocycles. The Kier molecular flexibility index (Phi) is 2.03. The van der Waals surface area contributed by atoms with Gasteiger partial charge in [0.2, 0.25) is 5.95 Å². The average Bonchev–Trinajstić information content (AvgIpc) is 2.88. The summed E-state index contributed by atoms with van der Waals surface area (Å²) >= 11 is 1.56. The smallest absolute Gasteiger partial charge is 0.223 e. The lowest BCUT2D eigenvalue weighted by Gasteiger charge is -1.92. The van der Waals surface area contributed by atoms with Gasteiger partial charge in [-0.2, -0.15) is 4.52 Å². The molecule has 0 spiro atoms. The van der Waals surface area contributed by atoms with E-state index in [4.69, 9.17) is 5.73 Å². The monoisotopic (exact) mass is 232 g/mol. The van der Waals surface area contributed by atoms with Gasteiger partial charge in [-0.25, -0.2) is 15.0 Å². The van der Waals surface area contributed by atoms with Crippen molar-refractivity contribution in [2.24, 2.45) is 0 Å². The summed E-state index contributed by atoms with van der Waals surface area (Å²) < 4.78 is 1.53. The molecule has 0 aromatic carbocycles. The van der Waals surface area contributed by atoms with Gasteiger partial charge in [-0.1, -0.05) is 0 Å². The molecule has 3 aromatic rings. The van der Waals surface area contributed by atoms with Crippen LogP contribution in [0.2, 0.25) is 0 Å². The highest BCUT2D eigenvalue weighted by Gasteiger charge is 2.07. The zero-order chi connectivity index (χ0) is 11.0. The molecule has 0 aliphatic rings. The summed E-state index contributed by atoms with van der Waals surface area (Å²) in [6.45, 7) is 0. The number of nitrogens with two attached hydrogens (primary N) is 1. The van der Waals surface area contributed by atoms with E-state index in [0.29, 0.717) is 23.8 Å². The van der Waals surface area contributed by atoms with Crippen LogP contribution in [0.1, 0.15) is 11.5 Å². The molecule has 2 N–H and O–H groups in total. The van der Waals surface area contributed by atoms with E-state index < -0.39 is 0 Å². The van der Waals surface area contributed by atoms with E-state index in [1.54, 1.807) is 29.1 Å². The molecule has 0 bridgehead atoms. The van der Waals surface area contributed by atoms with Crippen molar-refractivity contribution < 1.29 is 0 Å². The van der Waals surface area contributed by atoms with E-state index in [9.17, 15) is 0 Å². The standard InChI is InChI=1S/C9H8N6S/c10-9-11-2-1-8-13-7(14-15(8)9)3-6-4-16-5-12-6/h1-2,4-5H,3H2,(H2,10,11). The second-order valence-corrected chi connectivity index (χ2v) is 3.98. The second kappa shape index (κ2) is 3.53. The van der Waals surface area contributed by atoms with Crippen LogP contribution < -0.4 is 5.73 Å². The van der Waals surface area contributed by atoms with Crippen LogP contribution in [0, 0.1) is 0 Å². The fourth-order valence-corrected chi connectivity index (χ4v) is 2.00. The Hall–Kier alpha value is -2.02. The number of fused-ring (bicyclic) bond motifs is 1. The van der Waals surface area contributed by atoms with E-state index in [1.165, 1.54) is 4.52 Å². The summed E-state index contributed by atoms with van der Waals surface area (Å²) in [4.78, 5) is 12.5. The first kappa shape index (κ1) is 9.22. The molecule has 3 rings (SSSR count). The number of hydrogen-bond donors (Lipinski definition) is 1. The maximum absolute atomic E-state index is 5.68. The van der Waals surface area contributed by atoms with Gasteiger partial charge in [0, 0.05) is 17.6 Å². The van der Waals surface area contributed by atoms with Crippen LogP contribution in [-0.2, 0) is 6.42 Å². The molecule has 0 saturated carbocycles. The Morgan fingerprint density at radius 2 is 2.31 bits per heavy atom. The molecule has 0 amide bonds. The summed E-state index contributed by atoms with van der Waals surface area (Å²) in [6.07, 6.45) is 2.23. The molecule has 6 nitrogen and oxygen atoms in total. The maximum atomic E-state index is 5.68. The van der Waals surface area contributed by atoms with E-state index in [-0.39, 0.29) is 0 Å². The van der Waals surface area contributed by atoms with Crippen LogP contribution in [0.15, 0.2) is 23.2 Å². The number of nitrogens with zero attached hydrogens (tertiary/aromatic N) is 5. The average molecular weight is 232 g/mol. The Morgan fingerprint density at radius 1 is 1.38 bits per heavy atom. The van der Waals surface area contributed by atoms with Gasteiger partial charge in [-0.05, 0) is 0 Å². The fourth-order valence-electron chi connectivity index (χ4n) is 1.44. The van der Waals surface area contributed by atoms with Crippen molar-refractivity contribution in [3.8, 4) is 0 Å². The minimum Gasteiger partial charge on any atom is -0.368 e. The maximum Gasteiger partial charge on any atom is 0.223 e. The van der Waals surface area contributed by atoms with Gasteiger partial charge < -0.3 is 5.73 Å². The topological polar surface area (TPSA) is 82.0 Å². The fraction of sp³-hybridized carbons (Fsp3) is 0.111. The van der Waals surface area contributed by atoms with Crippen LogP contribution in [0.4, 0.5) is 5.95 Å². The molecule has 3 heterocycles. The molecule has 0 radical (unpaired) electrons. The van der Waals surface area contributed by atoms with Crippen molar-refractivity contribution in [3.63, 3.8) is 0 Å². The first-order valence-electron chi connectivity index (χ1n) is 4.66. The summed E-state index contributed by atoms with van der Waals surface area (Å²) in [6, 6.07) is 1.77. The summed E-state index contributed by atoms with van der Waals surface area (Å²) in [5, 5.41) is 6.25. The molecule has 7 heteroatoms. The number of hydrogen-bond acceptors (Lipinski definition) is 6. The zero-order valence-electron chi connectivity index (χ0n) is 8.24. The van der Waals surface area contributed by atoms with Gasteiger partial charge in [0.25, 0.3) is 0 Å². The second-order valence-electron chi connectivity index (χ2n) is 3.26. The highest BCUT2D eigenvalue weighted by atomic mass is 32.1.